The fraction of sp³-hybridized carbons (Fsp3) is 0.286. The van der Waals surface area contributed by atoms with Crippen molar-refractivity contribution in [2.75, 3.05) is 11.4 Å². The van der Waals surface area contributed by atoms with Gasteiger partial charge in [-0.25, -0.2) is 0 Å². The molecular weight excluding hydrogens is 294 g/mol. The van der Waals surface area contributed by atoms with Crippen LogP contribution >= 0.6 is 15.9 Å². The number of nitrogens with zero attached hydrogens (tertiary/aromatic N) is 1. The molecule has 1 aromatic rings. The molecule has 4 heteroatoms. The fourth-order valence-corrected chi connectivity index (χ4v) is 2.51. The SMILES string of the molecule is C=CC1CC(=O)N(c2ccc(Br)cc2C(C)=O)C1. The number of carbonyl (C=O) groups is 2. The molecule has 1 saturated heterocycles. The van der Waals surface area contributed by atoms with Crippen molar-refractivity contribution in [1.82, 2.24) is 0 Å². The van der Waals surface area contributed by atoms with Gasteiger partial charge in [-0.15, -0.1) is 6.58 Å². The molecule has 1 atom stereocenters. The van der Waals surface area contributed by atoms with Gasteiger partial charge in [0.15, 0.2) is 5.78 Å². The van der Waals surface area contributed by atoms with Gasteiger partial charge in [0.1, 0.15) is 0 Å². The van der Waals surface area contributed by atoms with Crippen LogP contribution in [-0.2, 0) is 4.79 Å². The summed E-state index contributed by atoms with van der Waals surface area (Å²) in [5.74, 6) is 0.173. The minimum absolute atomic E-state index is 0.0406. The van der Waals surface area contributed by atoms with Crippen LogP contribution in [0.4, 0.5) is 5.69 Å². The van der Waals surface area contributed by atoms with Crippen molar-refractivity contribution in [3.05, 3.63) is 40.9 Å². The summed E-state index contributed by atoms with van der Waals surface area (Å²) in [6.45, 7) is 5.84. The van der Waals surface area contributed by atoms with Crippen LogP contribution in [-0.4, -0.2) is 18.2 Å². The van der Waals surface area contributed by atoms with E-state index in [9.17, 15) is 9.59 Å². The van der Waals surface area contributed by atoms with Gasteiger partial charge in [-0.05, 0) is 25.1 Å². The first-order valence-corrected chi connectivity index (χ1v) is 6.55. The molecule has 0 bridgehead atoms. The van der Waals surface area contributed by atoms with E-state index in [4.69, 9.17) is 0 Å². The quantitative estimate of drug-likeness (QED) is 0.635. The van der Waals surface area contributed by atoms with Crippen molar-refractivity contribution in [1.29, 1.82) is 0 Å². The zero-order valence-corrected chi connectivity index (χ0v) is 11.7. The highest BCUT2D eigenvalue weighted by atomic mass is 79.9. The van der Waals surface area contributed by atoms with E-state index in [1.54, 1.807) is 17.0 Å². The molecular formula is C14H14BrNO2. The van der Waals surface area contributed by atoms with Crippen molar-refractivity contribution in [2.24, 2.45) is 5.92 Å². The monoisotopic (exact) mass is 307 g/mol. The molecule has 1 aliphatic rings. The normalized spacial score (nSPS) is 19.1. The third-order valence-corrected chi connectivity index (χ3v) is 3.61. The Morgan fingerprint density at radius 1 is 1.56 bits per heavy atom. The summed E-state index contributed by atoms with van der Waals surface area (Å²) in [5.41, 5.74) is 1.27. The largest absolute Gasteiger partial charge is 0.311 e. The molecule has 3 nitrogen and oxygen atoms in total. The second kappa shape index (κ2) is 5.06. The number of rotatable bonds is 3. The van der Waals surface area contributed by atoms with Crippen molar-refractivity contribution in [2.45, 2.75) is 13.3 Å². The zero-order chi connectivity index (χ0) is 13.3. The standard InChI is InChI=1S/C14H14BrNO2/c1-3-10-6-14(18)16(8-10)13-5-4-11(15)7-12(13)9(2)17/h3-5,7,10H,1,6,8H2,2H3. The highest BCUT2D eigenvalue weighted by molar-refractivity contribution is 9.10. The Hall–Kier alpha value is -1.42. The van der Waals surface area contributed by atoms with Crippen LogP contribution in [0.5, 0.6) is 0 Å². The average molecular weight is 308 g/mol. The first-order chi connectivity index (χ1) is 8.52. The molecule has 1 heterocycles. The topological polar surface area (TPSA) is 37.4 Å². The van der Waals surface area contributed by atoms with Crippen LogP contribution in [0.1, 0.15) is 23.7 Å². The second-order valence-corrected chi connectivity index (χ2v) is 5.34. The zero-order valence-electron chi connectivity index (χ0n) is 10.1. The smallest absolute Gasteiger partial charge is 0.227 e. The summed E-state index contributed by atoms with van der Waals surface area (Å²) in [7, 11) is 0. The molecule has 1 fully saturated rings. The first kappa shape index (κ1) is 13.0. The van der Waals surface area contributed by atoms with Gasteiger partial charge in [-0.3, -0.25) is 9.59 Å². The van der Waals surface area contributed by atoms with Gasteiger partial charge in [0.05, 0.1) is 5.69 Å². The van der Waals surface area contributed by atoms with E-state index in [0.29, 0.717) is 24.2 Å². The Kier molecular flexibility index (Phi) is 3.66. The van der Waals surface area contributed by atoms with Gasteiger partial charge in [0.25, 0.3) is 0 Å². The lowest BCUT2D eigenvalue weighted by atomic mass is 10.1. The number of halogens is 1. The lowest BCUT2D eigenvalue weighted by molar-refractivity contribution is -0.117. The molecule has 1 unspecified atom stereocenters. The number of hydrogen-bond donors (Lipinski definition) is 0. The van der Waals surface area contributed by atoms with Crippen LogP contribution in [0.3, 0.4) is 0 Å². The second-order valence-electron chi connectivity index (χ2n) is 4.42. The van der Waals surface area contributed by atoms with Gasteiger partial charge in [0.2, 0.25) is 5.91 Å². The number of benzene rings is 1. The third kappa shape index (κ3) is 2.38. The van der Waals surface area contributed by atoms with Gasteiger partial charge in [-0.1, -0.05) is 22.0 Å². The molecule has 0 aliphatic carbocycles. The van der Waals surface area contributed by atoms with Gasteiger partial charge >= 0.3 is 0 Å². The molecule has 2 rings (SSSR count). The number of amides is 1. The van der Waals surface area contributed by atoms with Crippen molar-refractivity contribution >= 4 is 33.3 Å². The van der Waals surface area contributed by atoms with Gasteiger partial charge in [-0.2, -0.15) is 0 Å². The number of anilines is 1. The average Bonchev–Trinajstić information content (AvgIpc) is 2.70. The van der Waals surface area contributed by atoms with Crippen LogP contribution in [0, 0.1) is 5.92 Å². The maximum Gasteiger partial charge on any atom is 0.227 e. The Labute approximate surface area is 115 Å². The Balaban J connectivity index is 2.42. The maximum atomic E-state index is 12.0. The molecule has 1 amide bonds. The minimum atomic E-state index is -0.0406. The Morgan fingerprint density at radius 2 is 2.28 bits per heavy atom. The molecule has 0 spiro atoms. The molecule has 18 heavy (non-hydrogen) atoms. The molecule has 0 aromatic heterocycles. The van der Waals surface area contributed by atoms with E-state index in [1.165, 1.54) is 6.92 Å². The fourth-order valence-electron chi connectivity index (χ4n) is 2.15. The van der Waals surface area contributed by atoms with E-state index in [2.05, 4.69) is 22.5 Å². The summed E-state index contributed by atoms with van der Waals surface area (Å²) in [6, 6.07) is 5.41. The number of Topliss-reactive ketones (excluding diaryl/α,β-unsaturated/α-hetero) is 1. The summed E-state index contributed by atoms with van der Waals surface area (Å²) in [6.07, 6.45) is 2.26. The highest BCUT2D eigenvalue weighted by Crippen LogP contribution is 2.30. The predicted molar refractivity (Wildman–Crippen MR) is 74.8 cm³/mol. The number of ketones is 1. The van der Waals surface area contributed by atoms with E-state index >= 15 is 0 Å². The highest BCUT2D eigenvalue weighted by Gasteiger charge is 2.30. The first-order valence-electron chi connectivity index (χ1n) is 5.76. The van der Waals surface area contributed by atoms with Gasteiger partial charge in [0, 0.05) is 28.9 Å². The Bertz CT molecular complexity index is 525. The molecule has 0 radical (unpaired) electrons. The summed E-state index contributed by atoms with van der Waals surface area (Å²) in [5, 5.41) is 0. The predicted octanol–water partition coefficient (Wildman–Crippen LogP) is 3.19. The van der Waals surface area contributed by atoms with E-state index in [-0.39, 0.29) is 17.6 Å². The van der Waals surface area contributed by atoms with Crippen LogP contribution in [0.15, 0.2) is 35.3 Å². The van der Waals surface area contributed by atoms with Crippen LogP contribution in [0.2, 0.25) is 0 Å². The van der Waals surface area contributed by atoms with Gasteiger partial charge < -0.3 is 4.90 Å². The lowest BCUT2D eigenvalue weighted by Gasteiger charge is -2.19. The van der Waals surface area contributed by atoms with Crippen molar-refractivity contribution < 1.29 is 9.59 Å². The number of carbonyl (C=O) groups excluding carboxylic acids is 2. The van der Waals surface area contributed by atoms with Crippen LogP contribution < -0.4 is 4.90 Å². The van der Waals surface area contributed by atoms with Crippen molar-refractivity contribution in [3.8, 4) is 0 Å². The third-order valence-electron chi connectivity index (χ3n) is 3.12. The molecule has 1 aliphatic heterocycles. The van der Waals surface area contributed by atoms with Crippen LogP contribution in [0.25, 0.3) is 0 Å². The summed E-state index contributed by atoms with van der Waals surface area (Å²) < 4.78 is 0.836. The van der Waals surface area contributed by atoms with Crippen molar-refractivity contribution in [3.63, 3.8) is 0 Å². The molecule has 1 aromatic carbocycles. The summed E-state index contributed by atoms with van der Waals surface area (Å²) in [4.78, 5) is 25.3. The molecule has 0 N–H and O–H groups in total. The maximum absolute atomic E-state index is 12.0. The molecule has 0 saturated carbocycles. The molecule has 94 valence electrons. The Morgan fingerprint density at radius 3 is 2.83 bits per heavy atom. The van der Waals surface area contributed by atoms with E-state index < -0.39 is 0 Å². The van der Waals surface area contributed by atoms with E-state index in [1.807, 2.05) is 12.1 Å². The number of hydrogen-bond acceptors (Lipinski definition) is 2. The minimum Gasteiger partial charge on any atom is -0.311 e. The van der Waals surface area contributed by atoms with E-state index in [0.717, 1.165) is 4.47 Å². The summed E-state index contributed by atoms with van der Waals surface area (Å²) >= 11 is 3.34. The lowest BCUT2D eigenvalue weighted by Crippen LogP contribution is -2.26.